The van der Waals surface area contributed by atoms with E-state index in [1.54, 1.807) is 11.8 Å². The lowest BCUT2D eigenvalue weighted by Gasteiger charge is -2.31. The summed E-state index contributed by atoms with van der Waals surface area (Å²) in [5.74, 6) is 1.73. The van der Waals surface area contributed by atoms with Gasteiger partial charge in [0.2, 0.25) is 0 Å². The molecule has 1 aliphatic rings. The van der Waals surface area contributed by atoms with Gasteiger partial charge in [0.25, 0.3) is 0 Å². The van der Waals surface area contributed by atoms with Crippen LogP contribution in [0.3, 0.4) is 0 Å². The minimum Gasteiger partial charge on any atom is -0.496 e. The number of hydrogen-bond acceptors (Lipinski definition) is 4. The number of benzene rings is 1. The number of carbonyl (C=O) groups excluding carboxylic acids is 1. The molecule has 0 radical (unpaired) electrons. The monoisotopic (exact) mass is 269 g/mol. The molecule has 0 amide bonds. The highest BCUT2D eigenvalue weighted by Gasteiger charge is 2.29. The molecule has 18 heavy (non-hydrogen) atoms. The van der Waals surface area contributed by atoms with Crippen LogP contribution in [0.4, 0.5) is 4.39 Å². The van der Waals surface area contributed by atoms with Crippen molar-refractivity contribution in [3.05, 3.63) is 29.6 Å². The number of Topliss-reactive ketones (excluding diaryl/α,β-unsaturated/α-hetero) is 1. The molecule has 1 atom stereocenters. The topological polar surface area (TPSA) is 29.5 Å². The summed E-state index contributed by atoms with van der Waals surface area (Å²) in [6.07, 6.45) is 0. The lowest BCUT2D eigenvalue weighted by Crippen LogP contribution is -2.44. The van der Waals surface area contributed by atoms with E-state index >= 15 is 0 Å². The van der Waals surface area contributed by atoms with Crippen molar-refractivity contribution >= 4 is 17.5 Å². The Balaban J connectivity index is 2.29. The molecule has 1 unspecified atom stereocenters. The molecule has 1 aliphatic heterocycles. The summed E-state index contributed by atoms with van der Waals surface area (Å²) in [5.41, 5.74) is 0.330. The van der Waals surface area contributed by atoms with Crippen molar-refractivity contribution < 1.29 is 13.9 Å². The van der Waals surface area contributed by atoms with Crippen LogP contribution >= 0.6 is 11.8 Å². The fraction of sp³-hybridized carbons (Fsp3) is 0.462. The van der Waals surface area contributed by atoms with Gasteiger partial charge in [-0.3, -0.25) is 9.69 Å². The van der Waals surface area contributed by atoms with Gasteiger partial charge in [-0.15, -0.1) is 0 Å². The molecule has 1 aromatic rings. The van der Waals surface area contributed by atoms with E-state index < -0.39 is 5.82 Å². The molecular formula is C13H16FNO2S. The second-order valence-corrected chi connectivity index (χ2v) is 5.43. The third-order valence-electron chi connectivity index (χ3n) is 3.13. The van der Waals surface area contributed by atoms with E-state index in [4.69, 9.17) is 4.74 Å². The van der Waals surface area contributed by atoms with E-state index in [9.17, 15) is 9.18 Å². The molecule has 0 N–H and O–H groups in total. The third kappa shape index (κ3) is 2.67. The summed E-state index contributed by atoms with van der Waals surface area (Å²) in [6, 6.07) is 3.86. The summed E-state index contributed by atoms with van der Waals surface area (Å²) >= 11 is 1.75. The molecule has 0 aromatic heterocycles. The Morgan fingerprint density at radius 3 is 3.00 bits per heavy atom. The fourth-order valence-electron chi connectivity index (χ4n) is 2.01. The molecule has 0 aliphatic carbocycles. The van der Waals surface area contributed by atoms with Crippen LogP contribution in [0.15, 0.2) is 18.2 Å². The largest absolute Gasteiger partial charge is 0.496 e. The molecule has 0 saturated carbocycles. The van der Waals surface area contributed by atoms with Crippen LogP contribution in [-0.4, -0.2) is 48.9 Å². The number of hydrogen-bond donors (Lipinski definition) is 0. The van der Waals surface area contributed by atoms with Crippen molar-refractivity contribution in [2.45, 2.75) is 6.04 Å². The molecule has 2 rings (SSSR count). The maximum atomic E-state index is 13.3. The standard InChI is InChI=1S/C13H16FNO2S/c1-15-5-6-18-8-11(15)13(16)10-7-9(14)3-4-12(10)17-2/h3-4,7,11H,5-6,8H2,1-2H3. The number of thioether (sulfide) groups is 1. The van der Waals surface area contributed by atoms with Gasteiger partial charge >= 0.3 is 0 Å². The molecule has 5 heteroatoms. The first-order valence-electron chi connectivity index (χ1n) is 5.79. The average molecular weight is 269 g/mol. The van der Waals surface area contributed by atoms with Gasteiger partial charge in [0, 0.05) is 18.1 Å². The maximum absolute atomic E-state index is 13.3. The number of likely N-dealkylation sites (N-methyl/N-ethyl adjacent to an activating group) is 1. The first-order chi connectivity index (χ1) is 8.63. The van der Waals surface area contributed by atoms with Gasteiger partial charge in [-0.1, -0.05) is 0 Å². The Labute approximate surface area is 110 Å². The second-order valence-electron chi connectivity index (χ2n) is 4.28. The van der Waals surface area contributed by atoms with Crippen LogP contribution in [-0.2, 0) is 0 Å². The molecular weight excluding hydrogens is 253 g/mol. The van der Waals surface area contributed by atoms with Gasteiger partial charge in [-0.25, -0.2) is 4.39 Å². The molecule has 1 aromatic carbocycles. The number of ketones is 1. The molecule has 0 spiro atoms. The van der Waals surface area contributed by atoms with E-state index in [2.05, 4.69) is 0 Å². The summed E-state index contributed by atoms with van der Waals surface area (Å²) in [4.78, 5) is 14.5. The van der Waals surface area contributed by atoms with Crippen molar-refractivity contribution in [2.24, 2.45) is 0 Å². The Bertz CT molecular complexity index is 453. The third-order valence-corrected chi connectivity index (χ3v) is 4.15. The summed E-state index contributed by atoms with van der Waals surface area (Å²) < 4.78 is 18.4. The Kier molecular flexibility index (Phi) is 4.24. The van der Waals surface area contributed by atoms with Crippen molar-refractivity contribution in [1.82, 2.24) is 4.90 Å². The zero-order chi connectivity index (χ0) is 13.1. The highest BCUT2D eigenvalue weighted by molar-refractivity contribution is 7.99. The van der Waals surface area contributed by atoms with E-state index in [0.29, 0.717) is 11.3 Å². The minimum absolute atomic E-state index is 0.0685. The summed E-state index contributed by atoms with van der Waals surface area (Å²) in [7, 11) is 3.41. The average Bonchev–Trinajstić information content (AvgIpc) is 2.38. The predicted molar refractivity (Wildman–Crippen MR) is 71.0 cm³/mol. The number of ether oxygens (including phenoxy) is 1. The molecule has 1 fully saturated rings. The Hall–Kier alpha value is -1.07. The normalized spacial score (nSPS) is 20.7. The molecule has 98 valence electrons. The maximum Gasteiger partial charge on any atom is 0.184 e. The van der Waals surface area contributed by atoms with Gasteiger partial charge in [0.05, 0.1) is 18.7 Å². The fourth-order valence-corrected chi connectivity index (χ4v) is 3.23. The number of rotatable bonds is 3. The van der Waals surface area contributed by atoms with Crippen molar-refractivity contribution in [1.29, 1.82) is 0 Å². The highest BCUT2D eigenvalue weighted by Crippen LogP contribution is 2.25. The van der Waals surface area contributed by atoms with Gasteiger partial charge < -0.3 is 4.74 Å². The molecule has 0 bridgehead atoms. The highest BCUT2D eigenvalue weighted by atomic mass is 32.2. The van der Waals surface area contributed by atoms with Crippen LogP contribution in [0, 0.1) is 5.82 Å². The second kappa shape index (κ2) is 5.71. The number of halogens is 1. The predicted octanol–water partition coefficient (Wildman–Crippen LogP) is 2.06. The summed E-state index contributed by atoms with van der Waals surface area (Å²) in [5, 5.41) is 0. The van der Waals surface area contributed by atoms with Crippen molar-refractivity contribution in [3.8, 4) is 5.75 Å². The van der Waals surface area contributed by atoms with Crippen LogP contribution in [0.5, 0.6) is 5.75 Å². The molecule has 1 saturated heterocycles. The minimum atomic E-state index is -0.412. The van der Waals surface area contributed by atoms with Gasteiger partial charge in [-0.05, 0) is 25.2 Å². The Morgan fingerprint density at radius 2 is 2.33 bits per heavy atom. The molecule has 3 nitrogen and oxygen atoms in total. The lowest BCUT2D eigenvalue weighted by molar-refractivity contribution is 0.0871. The van der Waals surface area contributed by atoms with Gasteiger partial charge in [0.1, 0.15) is 11.6 Å². The molecule has 1 heterocycles. The van der Waals surface area contributed by atoms with Gasteiger partial charge in [0.15, 0.2) is 5.78 Å². The SMILES string of the molecule is COc1ccc(F)cc1C(=O)C1CSCCN1C. The lowest BCUT2D eigenvalue weighted by atomic mass is 10.0. The first-order valence-corrected chi connectivity index (χ1v) is 6.94. The van der Waals surface area contributed by atoms with Crippen LogP contribution in [0.1, 0.15) is 10.4 Å². The Morgan fingerprint density at radius 1 is 1.56 bits per heavy atom. The zero-order valence-electron chi connectivity index (χ0n) is 10.5. The first kappa shape index (κ1) is 13.4. The number of carbonyl (C=O) groups is 1. The van der Waals surface area contributed by atoms with Crippen LogP contribution in [0.2, 0.25) is 0 Å². The zero-order valence-corrected chi connectivity index (χ0v) is 11.3. The number of methoxy groups -OCH3 is 1. The van der Waals surface area contributed by atoms with Gasteiger partial charge in [-0.2, -0.15) is 11.8 Å². The quantitative estimate of drug-likeness (QED) is 0.786. The van der Waals surface area contributed by atoms with E-state index in [1.165, 1.54) is 25.3 Å². The van der Waals surface area contributed by atoms with Crippen molar-refractivity contribution in [3.63, 3.8) is 0 Å². The van der Waals surface area contributed by atoms with E-state index in [1.807, 2.05) is 11.9 Å². The van der Waals surface area contributed by atoms with Crippen molar-refractivity contribution in [2.75, 3.05) is 32.2 Å². The van der Waals surface area contributed by atoms with E-state index in [0.717, 1.165) is 18.1 Å². The van der Waals surface area contributed by atoms with E-state index in [-0.39, 0.29) is 11.8 Å². The number of nitrogens with zero attached hydrogens (tertiary/aromatic N) is 1. The smallest absolute Gasteiger partial charge is 0.184 e. The van der Waals surface area contributed by atoms with Crippen LogP contribution < -0.4 is 4.74 Å². The van der Waals surface area contributed by atoms with Crippen LogP contribution in [0.25, 0.3) is 0 Å². The summed E-state index contributed by atoms with van der Waals surface area (Å²) in [6.45, 7) is 0.874.